The minimum absolute atomic E-state index is 0.346. The lowest BCUT2D eigenvalue weighted by Crippen LogP contribution is -2.14. The smallest absolute Gasteiger partial charge is 0.337 e. The predicted octanol–water partition coefficient (Wildman–Crippen LogP) is 4.56. The van der Waals surface area contributed by atoms with E-state index in [9.17, 15) is 24.1 Å². The molecule has 0 heterocycles. The van der Waals surface area contributed by atoms with Gasteiger partial charge in [-0.2, -0.15) is 0 Å². The Hall–Kier alpha value is -4.07. The zero-order valence-corrected chi connectivity index (χ0v) is 16.6. The summed E-state index contributed by atoms with van der Waals surface area (Å²) in [5.74, 6) is -1.89. The maximum absolute atomic E-state index is 13.5. The van der Waals surface area contributed by atoms with E-state index in [4.69, 9.17) is 0 Å². The average molecular weight is 422 g/mol. The van der Waals surface area contributed by atoms with Crippen LogP contribution in [0.3, 0.4) is 0 Å². The van der Waals surface area contributed by atoms with Crippen LogP contribution in [0.15, 0.2) is 66.7 Å². The summed E-state index contributed by atoms with van der Waals surface area (Å²) in [7, 11) is 1.33. The molecule has 31 heavy (non-hydrogen) atoms. The number of ether oxygens (including phenoxy) is 1. The van der Waals surface area contributed by atoms with Crippen LogP contribution in [-0.4, -0.2) is 23.9 Å². The van der Waals surface area contributed by atoms with Crippen LogP contribution in [0, 0.1) is 15.9 Å². The Kier molecular flexibility index (Phi) is 6.71. The number of hydrogen-bond donors (Lipinski definition) is 1. The molecule has 7 nitrogen and oxygen atoms in total. The van der Waals surface area contributed by atoms with Gasteiger partial charge in [0.15, 0.2) is 0 Å². The summed E-state index contributed by atoms with van der Waals surface area (Å²) in [6, 6.07) is 16.9. The number of carbonyl (C=O) groups excluding carboxylic acids is 2. The van der Waals surface area contributed by atoms with Crippen molar-refractivity contribution in [1.82, 2.24) is 0 Å². The predicted molar refractivity (Wildman–Crippen MR) is 113 cm³/mol. The number of carbonyl (C=O) groups is 2. The van der Waals surface area contributed by atoms with Crippen molar-refractivity contribution in [3.63, 3.8) is 0 Å². The number of esters is 1. The second-order valence-electron chi connectivity index (χ2n) is 6.76. The quantitative estimate of drug-likeness (QED) is 0.342. The Bertz CT molecular complexity index is 1130. The highest BCUT2D eigenvalue weighted by Gasteiger charge is 2.21. The zero-order chi connectivity index (χ0) is 22.4. The summed E-state index contributed by atoms with van der Waals surface area (Å²) < 4.78 is 18.2. The van der Waals surface area contributed by atoms with Gasteiger partial charge in [-0.25, -0.2) is 9.18 Å². The molecule has 0 saturated carbocycles. The molecule has 0 atom stereocenters. The molecule has 0 aliphatic heterocycles. The maximum Gasteiger partial charge on any atom is 0.337 e. The Morgan fingerprint density at radius 2 is 1.71 bits per heavy atom. The van der Waals surface area contributed by atoms with Gasteiger partial charge in [-0.3, -0.25) is 14.9 Å². The lowest BCUT2D eigenvalue weighted by molar-refractivity contribution is -0.385. The number of halogens is 1. The molecule has 8 heteroatoms. The number of anilines is 1. The van der Waals surface area contributed by atoms with Crippen molar-refractivity contribution in [3.05, 3.63) is 105 Å². The monoisotopic (exact) mass is 422 g/mol. The third-order valence-corrected chi connectivity index (χ3v) is 4.66. The molecule has 3 aromatic carbocycles. The summed E-state index contributed by atoms with van der Waals surface area (Å²) in [6.07, 6.45) is 1.37. The summed E-state index contributed by atoms with van der Waals surface area (Å²) in [4.78, 5) is 34.4. The summed E-state index contributed by atoms with van der Waals surface area (Å²) in [5, 5.41) is 13.7. The fourth-order valence-electron chi connectivity index (χ4n) is 3.07. The summed E-state index contributed by atoms with van der Waals surface area (Å²) in [5.41, 5.74) is 2.07. The second kappa shape index (κ2) is 9.62. The third-order valence-electron chi connectivity index (χ3n) is 4.66. The highest BCUT2D eigenvalue weighted by Crippen LogP contribution is 2.22. The van der Waals surface area contributed by atoms with E-state index in [1.54, 1.807) is 30.3 Å². The van der Waals surface area contributed by atoms with E-state index < -0.39 is 28.3 Å². The highest BCUT2D eigenvalue weighted by molar-refractivity contribution is 6.07. The van der Waals surface area contributed by atoms with Gasteiger partial charge < -0.3 is 10.1 Å². The van der Waals surface area contributed by atoms with E-state index in [0.717, 1.165) is 29.3 Å². The number of nitrogens with one attached hydrogen (secondary N) is 1. The van der Waals surface area contributed by atoms with Crippen LogP contribution < -0.4 is 5.32 Å². The number of hydrogen-bond acceptors (Lipinski definition) is 5. The summed E-state index contributed by atoms with van der Waals surface area (Å²) in [6.45, 7) is 0. The molecule has 0 saturated heterocycles. The Balaban J connectivity index is 1.68. The minimum atomic E-state index is -0.762. The standard InChI is InChI=1S/C23H19FN2O5/c1-31-23(28)17-9-7-15(8-10-17)5-6-16-3-2-4-19(13-16)25-22(27)20-14-18(24)11-12-21(20)26(29)30/h2-4,7-14H,5-6H2,1H3,(H,25,27). The van der Waals surface area contributed by atoms with Gasteiger partial charge in [-0.05, 0) is 60.4 Å². The van der Waals surface area contributed by atoms with Crippen LogP contribution in [-0.2, 0) is 17.6 Å². The number of nitro benzene ring substituents is 1. The van der Waals surface area contributed by atoms with Crippen molar-refractivity contribution >= 4 is 23.3 Å². The van der Waals surface area contributed by atoms with E-state index in [1.165, 1.54) is 7.11 Å². The fraction of sp³-hybridized carbons (Fsp3) is 0.130. The number of methoxy groups -OCH3 is 1. The van der Waals surface area contributed by atoms with Crippen LogP contribution >= 0.6 is 0 Å². The molecule has 3 aromatic rings. The molecule has 0 unspecified atom stereocenters. The molecule has 0 aliphatic carbocycles. The first-order chi connectivity index (χ1) is 14.9. The van der Waals surface area contributed by atoms with Gasteiger partial charge in [0.1, 0.15) is 11.4 Å². The van der Waals surface area contributed by atoms with Gasteiger partial charge in [-0.1, -0.05) is 24.3 Å². The molecule has 1 amide bonds. The Morgan fingerprint density at radius 3 is 2.39 bits per heavy atom. The van der Waals surface area contributed by atoms with Crippen LogP contribution in [0.5, 0.6) is 0 Å². The molecule has 0 aromatic heterocycles. The average Bonchev–Trinajstić information content (AvgIpc) is 2.77. The Morgan fingerprint density at radius 1 is 1.00 bits per heavy atom. The van der Waals surface area contributed by atoms with Crippen LogP contribution in [0.25, 0.3) is 0 Å². The van der Waals surface area contributed by atoms with Crippen molar-refractivity contribution < 1.29 is 23.6 Å². The van der Waals surface area contributed by atoms with Crippen molar-refractivity contribution in [2.24, 2.45) is 0 Å². The number of aryl methyl sites for hydroxylation is 2. The van der Waals surface area contributed by atoms with E-state index >= 15 is 0 Å². The van der Waals surface area contributed by atoms with Crippen molar-refractivity contribution in [2.75, 3.05) is 12.4 Å². The van der Waals surface area contributed by atoms with Crippen LogP contribution in [0.4, 0.5) is 15.8 Å². The zero-order valence-electron chi connectivity index (χ0n) is 16.6. The van der Waals surface area contributed by atoms with E-state index in [2.05, 4.69) is 10.1 Å². The SMILES string of the molecule is COC(=O)c1ccc(CCc2cccc(NC(=O)c3cc(F)ccc3[N+](=O)[O-])c2)cc1. The molecule has 0 bridgehead atoms. The Labute approximate surface area is 177 Å². The summed E-state index contributed by atoms with van der Waals surface area (Å²) >= 11 is 0. The van der Waals surface area contributed by atoms with E-state index in [0.29, 0.717) is 24.1 Å². The largest absolute Gasteiger partial charge is 0.465 e. The minimum Gasteiger partial charge on any atom is -0.465 e. The van der Waals surface area contributed by atoms with Gasteiger partial charge in [0, 0.05) is 11.8 Å². The molecular weight excluding hydrogens is 403 g/mol. The first-order valence-corrected chi connectivity index (χ1v) is 9.39. The molecule has 158 valence electrons. The van der Waals surface area contributed by atoms with Crippen LogP contribution in [0.2, 0.25) is 0 Å². The van der Waals surface area contributed by atoms with Crippen molar-refractivity contribution in [1.29, 1.82) is 0 Å². The number of rotatable bonds is 7. The van der Waals surface area contributed by atoms with E-state index in [1.807, 2.05) is 18.2 Å². The van der Waals surface area contributed by atoms with E-state index in [-0.39, 0.29) is 5.56 Å². The van der Waals surface area contributed by atoms with Gasteiger partial charge in [-0.15, -0.1) is 0 Å². The van der Waals surface area contributed by atoms with Gasteiger partial charge in [0.2, 0.25) is 0 Å². The fourth-order valence-corrected chi connectivity index (χ4v) is 3.07. The second-order valence-corrected chi connectivity index (χ2v) is 6.76. The van der Waals surface area contributed by atoms with Gasteiger partial charge in [0.25, 0.3) is 11.6 Å². The third kappa shape index (κ3) is 5.51. The molecule has 0 fully saturated rings. The van der Waals surface area contributed by atoms with Crippen LogP contribution in [0.1, 0.15) is 31.8 Å². The number of nitro groups is 1. The molecule has 0 radical (unpaired) electrons. The lowest BCUT2D eigenvalue weighted by atomic mass is 10.0. The molecule has 0 spiro atoms. The topological polar surface area (TPSA) is 98.5 Å². The van der Waals surface area contributed by atoms with Crippen molar-refractivity contribution in [3.8, 4) is 0 Å². The molecule has 0 aliphatic rings. The first kappa shape index (κ1) is 21.6. The molecule has 3 rings (SSSR count). The highest BCUT2D eigenvalue weighted by atomic mass is 19.1. The molecule has 1 N–H and O–H groups in total. The number of nitrogens with zero attached hydrogens (tertiary/aromatic N) is 1. The van der Waals surface area contributed by atoms with Gasteiger partial charge >= 0.3 is 5.97 Å². The maximum atomic E-state index is 13.5. The van der Waals surface area contributed by atoms with Gasteiger partial charge in [0.05, 0.1) is 17.6 Å². The number of amides is 1. The number of benzene rings is 3. The lowest BCUT2D eigenvalue weighted by Gasteiger charge is -2.09. The first-order valence-electron chi connectivity index (χ1n) is 9.39. The normalized spacial score (nSPS) is 10.4. The molecular formula is C23H19FN2O5. The van der Waals surface area contributed by atoms with Crippen molar-refractivity contribution in [2.45, 2.75) is 12.8 Å².